The predicted molar refractivity (Wildman–Crippen MR) is 78.1 cm³/mol. The van der Waals surface area contributed by atoms with E-state index in [9.17, 15) is 9.90 Å². The first kappa shape index (κ1) is 14.6. The summed E-state index contributed by atoms with van der Waals surface area (Å²) in [6.07, 6.45) is 0.378. The van der Waals surface area contributed by atoms with Gasteiger partial charge in [-0.3, -0.25) is 0 Å². The summed E-state index contributed by atoms with van der Waals surface area (Å²) >= 11 is 8.29. The number of aliphatic carboxylic acids is 1. The van der Waals surface area contributed by atoms with Gasteiger partial charge in [0.25, 0.3) is 0 Å². The Morgan fingerprint density at radius 1 is 1.58 bits per heavy atom. The zero-order valence-electron chi connectivity index (χ0n) is 10.1. The molecule has 9 heteroatoms. The van der Waals surface area contributed by atoms with Crippen molar-refractivity contribution in [2.45, 2.75) is 25.8 Å². The summed E-state index contributed by atoms with van der Waals surface area (Å²) < 4.78 is 3.12. The van der Waals surface area contributed by atoms with Crippen molar-refractivity contribution in [3.63, 3.8) is 0 Å². The fourth-order valence-corrected chi connectivity index (χ4v) is 4.36. The van der Waals surface area contributed by atoms with Crippen LogP contribution in [0.25, 0.3) is 11.4 Å². The molecule has 1 atom stereocenters. The molecule has 0 aliphatic heterocycles. The number of hydrogen-bond acceptors (Lipinski definition) is 5. The van der Waals surface area contributed by atoms with E-state index in [0.29, 0.717) is 12.2 Å². The van der Waals surface area contributed by atoms with Gasteiger partial charge in [-0.2, -0.15) is 0 Å². The van der Waals surface area contributed by atoms with Crippen LogP contribution in [0.3, 0.4) is 0 Å². The number of carboxylic acids is 1. The molecule has 0 amide bonds. The van der Waals surface area contributed by atoms with Crippen LogP contribution in [0.2, 0.25) is 0 Å². The zero-order chi connectivity index (χ0) is 14.2. The van der Waals surface area contributed by atoms with Gasteiger partial charge in [0.05, 0.1) is 7.57 Å². The van der Waals surface area contributed by atoms with Crippen LogP contribution in [-0.4, -0.2) is 31.3 Å². The van der Waals surface area contributed by atoms with Gasteiger partial charge in [0.2, 0.25) is 0 Å². The molecule has 0 aromatic carbocycles. The Hall–Kier alpha value is -0.800. The summed E-state index contributed by atoms with van der Waals surface area (Å²) in [7, 11) is 0. The second-order valence-electron chi connectivity index (χ2n) is 4.08. The number of tetrazole rings is 1. The fourth-order valence-electron chi connectivity index (χ4n) is 1.57. The van der Waals surface area contributed by atoms with Crippen molar-refractivity contribution in [1.29, 1.82) is 0 Å². The van der Waals surface area contributed by atoms with Gasteiger partial charge >= 0.3 is 5.97 Å². The van der Waals surface area contributed by atoms with Gasteiger partial charge in [-0.05, 0) is 61.7 Å². The Morgan fingerprint density at radius 3 is 2.74 bits per heavy atom. The van der Waals surface area contributed by atoms with Crippen LogP contribution in [0, 0.1) is 0 Å². The second kappa shape index (κ2) is 5.29. The van der Waals surface area contributed by atoms with E-state index in [-0.39, 0.29) is 0 Å². The Labute approximate surface area is 130 Å². The molecule has 2 rings (SSSR count). The third-order valence-electron chi connectivity index (χ3n) is 2.98. The molecule has 2 aromatic heterocycles. The normalized spacial score (nSPS) is 14.3. The topological polar surface area (TPSA) is 80.9 Å². The smallest absolute Gasteiger partial charge is 0.331 e. The maximum Gasteiger partial charge on any atom is 0.331 e. The molecule has 0 bridgehead atoms. The summed E-state index contributed by atoms with van der Waals surface area (Å²) in [5.41, 5.74) is -0.407. The molecule has 0 fully saturated rings. The average molecular weight is 410 g/mol. The van der Waals surface area contributed by atoms with Gasteiger partial charge in [-0.15, -0.1) is 16.4 Å². The number of carboxylic acid groups (broad SMARTS) is 1. The summed E-state index contributed by atoms with van der Waals surface area (Å²) in [6.45, 7) is 3.39. The van der Waals surface area contributed by atoms with E-state index in [0.717, 1.165) is 13.1 Å². The van der Waals surface area contributed by atoms with Gasteiger partial charge in [0.15, 0.2) is 11.4 Å². The first-order valence-electron chi connectivity index (χ1n) is 5.37. The summed E-state index contributed by atoms with van der Waals surface area (Å²) in [6, 6.07) is 1.86. The highest BCUT2D eigenvalue weighted by Crippen LogP contribution is 2.38. The molecule has 19 heavy (non-hydrogen) atoms. The minimum absolute atomic E-state index is 0.378. The van der Waals surface area contributed by atoms with Crippen LogP contribution in [0.15, 0.2) is 13.6 Å². The van der Waals surface area contributed by atoms with Crippen molar-refractivity contribution >= 4 is 49.2 Å². The standard InChI is InChI=1S/C10H10Br2N4O2S/c1-3-10(2,9(17)18)16-8(13-14-15-16)5-4-6(11)19-7(5)12/h4H,3H2,1-2H3,(H,17,18). The third kappa shape index (κ3) is 2.46. The monoisotopic (exact) mass is 408 g/mol. The number of thiophene rings is 1. The molecule has 2 aromatic rings. The van der Waals surface area contributed by atoms with Gasteiger partial charge in [0.1, 0.15) is 0 Å². The van der Waals surface area contributed by atoms with E-state index in [2.05, 4.69) is 47.4 Å². The Kier molecular flexibility index (Phi) is 4.07. The van der Waals surface area contributed by atoms with Gasteiger partial charge in [-0.1, -0.05) is 6.92 Å². The number of carbonyl (C=O) groups is 1. The SMILES string of the molecule is CCC(C)(C(=O)O)n1nnnc1-c1cc(Br)sc1Br. The second-order valence-corrected chi connectivity index (χ2v) is 7.83. The van der Waals surface area contributed by atoms with Crippen molar-refractivity contribution in [1.82, 2.24) is 20.2 Å². The highest BCUT2D eigenvalue weighted by Gasteiger charge is 2.37. The Morgan fingerprint density at radius 2 is 2.26 bits per heavy atom. The molecule has 6 nitrogen and oxygen atoms in total. The minimum Gasteiger partial charge on any atom is -0.479 e. The summed E-state index contributed by atoms with van der Waals surface area (Å²) in [5, 5.41) is 20.8. The molecule has 0 radical (unpaired) electrons. The van der Waals surface area contributed by atoms with E-state index >= 15 is 0 Å². The van der Waals surface area contributed by atoms with Crippen molar-refractivity contribution in [3.8, 4) is 11.4 Å². The molecule has 102 valence electrons. The van der Waals surface area contributed by atoms with E-state index in [4.69, 9.17) is 0 Å². The molecule has 2 heterocycles. The lowest BCUT2D eigenvalue weighted by Gasteiger charge is -2.23. The molecule has 0 spiro atoms. The van der Waals surface area contributed by atoms with Crippen LogP contribution in [-0.2, 0) is 10.3 Å². The molecule has 1 N–H and O–H groups in total. The average Bonchev–Trinajstić information content (AvgIpc) is 2.94. The van der Waals surface area contributed by atoms with Crippen molar-refractivity contribution < 1.29 is 9.90 Å². The Balaban J connectivity index is 2.60. The zero-order valence-corrected chi connectivity index (χ0v) is 14.1. The predicted octanol–water partition coefficient (Wildman–Crippen LogP) is 3.14. The largest absolute Gasteiger partial charge is 0.479 e. The third-order valence-corrected chi connectivity index (χ3v) is 5.32. The number of hydrogen-bond donors (Lipinski definition) is 1. The van der Waals surface area contributed by atoms with Crippen molar-refractivity contribution in [2.75, 3.05) is 0 Å². The summed E-state index contributed by atoms with van der Waals surface area (Å²) in [5.74, 6) is -0.533. The first-order valence-corrected chi connectivity index (χ1v) is 7.78. The van der Waals surface area contributed by atoms with Crippen LogP contribution in [0.1, 0.15) is 20.3 Å². The molecular weight excluding hydrogens is 400 g/mol. The highest BCUT2D eigenvalue weighted by molar-refractivity contribution is 9.12. The fraction of sp³-hybridized carbons (Fsp3) is 0.400. The molecule has 0 aliphatic rings. The van der Waals surface area contributed by atoms with Crippen molar-refractivity contribution in [2.24, 2.45) is 0 Å². The van der Waals surface area contributed by atoms with Crippen LogP contribution >= 0.6 is 43.2 Å². The lowest BCUT2D eigenvalue weighted by atomic mass is 9.99. The van der Waals surface area contributed by atoms with Crippen LogP contribution in [0.4, 0.5) is 0 Å². The van der Waals surface area contributed by atoms with Gasteiger partial charge < -0.3 is 5.11 Å². The van der Waals surface area contributed by atoms with Crippen molar-refractivity contribution in [3.05, 3.63) is 13.6 Å². The molecular formula is C10H10Br2N4O2S. The number of aromatic nitrogens is 4. The molecule has 0 aliphatic carbocycles. The maximum absolute atomic E-state index is 11.5. The summed E-state index contributed by atoms with van der Waals surface area (Å²) in [4.78, 5) is 11.5. The molecule has 0 saturated carbocycles. The lowest BCUT2D eigenvalue weighted by Crippen LogP contribution is -2.39. The molecule has 1 unspecified atom stereocenters. The Bertz CT molecular complexity index is 627. The van der Waals surface area contributed by atoms with E-state index in [1.807, 2.05) is 6.07 Å². The molecule has 0 saturated heterocycles. The van der Waals surface area contributed by atoms with Gasteiger partial charge in [0, 0.05) is 5.56 Å². The van der Waals surface area contributed by atoms with Gasteiger partial charge in [-0.25, -0.2) is 9.48 Å². The number of nitrogens with zero attached hydrogens (tertiary/aromatic N) is 4. The van der Waals surface area contributed by atoms with E-state index in [1.165, 1.54) is 16.0 Å². The quantitative estimate of drug-likeness (QED) is 0.838. The lowest BCUT2D eigenvalue weighted by molar-refractivity contribution is -0.147. The van der Waals surface area contributed by atoms with E-state index in [1.54, 1.807) is 13.8 Å². The van der Waals surface area contributed by atoms with Crippen LogP contribution < -0.4 is 0 Å². The first-order chi connectivity index (χ1) is 8.90. The van der Waals surface area contributed by atoms with Crippen LogP contribution in [0.5, 0.6) is 0 Å². The number of rotatable bonds is 4. The van der Waals surface area contributed by atoms with E-state index < -0.39 is 11.5 Å². The maximum atomic E-state index is 11.5. The highest BCUT2D eigenvalue weighted by atomic mass is 79.9. The minimum atomic E-state index is -1.17. The number of halogens is 2.